The Hall–Kier alpha value is -4.05. The molecule has 1 unspecified atom stereocenters. The smallest absolute Gasteiger partial charge is 0.252 e. The summed E-state index contributed by atoms with van der Waals surface area (Å²) in [6.07, 6.45) is 0.697. The number of H-pyrrole nitrogens is 1. The van der Waals surface area contributed by atoms with Crippen molar-refractivity contribution >= 4 is 34.7 Å². The molecule has 4 aromatic rings. The average Bonchev–Trinajstić information content (AvgIpc) is 3.59. The van der Waals surface area contributed by atoms with Gasteiger partial charge in [0.1, 0.15) is 11.5 Å². The number of thiophene rings is 1. The number of nitrogens with one attached hydrogen (secondary N) is 2. The number of carbonyl (C=O) groups excluding carboxylic acids is 2. The van der Waals surface area contributed by atoms with Crippen LogP contribution in [-0.4, -0.2) is 38.1 Å². The summed E-state index contributed by atoms with van der Waals surface area (Å²) < 4.78 is 1.43. The summed E-state index contributed by atoms with van der Waals surface area (Å²) in [6.45, 7) is 4.18. The second-order valence-corrected chi connectivity index (χ2v) is 9.40. The highest BCUT2D eigenvalue weighted by Gasteiger charge is 2.35. The lowest BCUT2D eigenvalue weighted by Gasteiger charge is -2.17. The van der Waals surface area contributed by atoms with Gasteiger partial charge in [-0.3, -0.25) is 19.4 Å². The van der Waals surface area contributed by atoms with E-state index < -0.39 is 5.92 Å². The summed E-state index contributed by atoms with van der Waals surface area (Å²) in [4.78, 5) is 47.8. The second kappa shape index (κ2) is 9.30. The molecule has 10 heteroatoms. The van der Waals surface area contributed by atoms with E-state index in [1.54, 1.807) is 11.0 Å². The first-order valence-electron chi connectivity index (χ1n) is 11.3. The van der Waals surface area contributed by atoms with Crippen molar-refractivity contribution in [2.75, 3.05) is 16.8 Å². The minimum atomic E-state index is -0.522. The summed E-state index contributed by atoms with van der Waals surface area (Å²) in [7, 11) is 0. The lowest BCUT2D eigenvalue weighted by molar-refractivity contribution is -0.122. The van der Waals surface area contributed by atoms with Crippen molar-refractivity contribution in [2.45, 2.75) is 26.7 Å². The predicted molar refractivity (Wildman–Crippen MR) is 135 cm³/mol. The average molecular weight is 489 g/mol. The number of amides is 2. The van der Waals surface area contributed by atoms with Crippen LogP contribution in [0.25, 0.3) is 16.5 Å². The quantitative estimate of drug-likeness (QED) is 0.431. The van der Waals surface area contributed by atoms with Crippen LogP contribution in [0, 0.1) is 12.8 Å². The number of aromatic amines is 1. The van der Waals surface area contributed by atoms with Gasteiger partial charge in [-0.05, 0) is 36.9 Å². The number of aryl methyl sites for hydroxylation is 2. The Bertz CT molecular complexity index is 1440. The summed E-state index contributed by atoms with van der Waals surface area (Å²) in [5.74, 6) is -0.317. The van der Waals surface area contributed by atoms with Crippen LogP contribution in [0.5, 0.6) is 0 Å². The van der Waals surface area contributed by atoms with E-state index in [1.807, 2.05) is 55.6 Å². The van der Waals surface area contributed by atoms with E-state index in [0.29, 0.717) is 30.2 Å². The summed E-state index contributed by atoms with van der Waals surface area (Å²) in [5.41, 5.74) is 2.84. The molecule has 1 aromatic carbocycles. The number of carbonyl (C=O) groups is 2. The first-order valence-corrected chi connectivity index (χ1v) is 12.2. The van der Waals surface area contributed by atoms with Gasteiger partial charge in [-0.1, -0.05) is 30.7 Å². The molecule has 1 fully saturated rings. The van der Waals surface area contributed by atoms with Gasteiger partial charge in [-0.2, -0.15) is 9.78 Å². The van der Waals surface area contributed by atoms with Crippen LogP contribution in [0.3, 0.4) is 0 Å². The molecule has 0 aliphatic carbocycles. The second-order valence-electron chi connectivity index (χ2n) is 8.45. The van der Waals surface area contributed by atoms with Crippen molar-refractivity contribution in [2.24, 2.45) is 5.92 Å². The third kappa shape index (κ3) is 4.65. The molecule has 2 amide bonds. The number of hydrogen-bond donors (Lipinski definition) is 2. The molecule has 5 rings (SSSR count). The molecule has 1 aliphatic heterocycles. The molecular weight excluding hydrogens is 464 g/mol. The summed E-state index contributed by atoms with van der Waals surface area (Å²) in [5, 5.41) is 9.46. The van der Waals surface area contributed by atoms with Crippen LogP contribution in [0.15, 0.2) is 58.7 Å². The van der Waals surface area contributed by atoms with Crippen LogP contribution in [0.4, 0.5) is 11.5 Å². The van der Waals surface area contributed by atoms with Crippen LogP contribution >= 0.6 is 11.3 Å². The number of aromatic nitrogens is 4. The van der Waals surface area contributed by atoms with E-state index in [4.69, 9.17) is 0 Å². The van der Waals surface area contributed by atoms with Gasteiger partial charge in [0.15, 0.2) is 0 Å². The van der Waals surface area contributed by atoms with E-state index >= 15 is 0 Å². The number of hydrogen-bond acceptors (Lipinski definition) is 6. The maximum absolute atomic E-state index is 13.2. The van der Waals surface area contributed by atoms with Crippen molar-refractivity contribution in [1.29, 1.82) is 0 Å². The van der Waals surface area contributed by atoms with Crippen molar-refractivity contribution in [3.8, 4) is 16.5 Å². The van der Waals surface area contributed by atoms with Crippen molar-refractivity contribution in [3.63, 3.8) is 0 Å². The summed E-state index contributed by atoms with van der Waals surface area (Å²) >= 11 is 1.52. The first kappa shape index (κ1) is 22.7. The zero-order chi connectivity index (χ0) is 24.5. The van der Waals surface area contributed by atoms with E-state index in [9.17, 15) is 14.4 Å². The molecule has 1 atom stereocenters. The molecule has 0 saturated carbocycles. The molecule has 0 bridgehead atoms. The monoisotopic (exact) mass is 488 g/mol. The largest absolute Gasteiger partial charge is 0.312 e. The maximum atomic E-state index is 13.2. The van der Waals surface area contributed by atoms with Gasteiger partial charge in [0, 0.05) is 36.5 Å². The third-order valence-corrected chi connectivity index (χ3v) is 6.81. The number of rotatable bonds is 6. The Morgan fingerprint density at radius 2 is 2.00 bits per heavy atom. The number of benzene rings is 1. The Kier molecular flexibility index (Phi) is 6.04. The van der Waals surface area contributed by atoms with Crippen LogP contribution in [0.2, 0.25) is 0 Å². The Balaban J connectivity index is 1.44. The Morgan fingerprint density at radius 3 is 2.71 bits per heavy atom. The van der Waals surface area contributed by atoms with Gasteiger partial charge < -0.3 is 10.2 Å². The van der Waals surface area contributed by atoms with Gasteiger partial charge in [-0.15, -0.1) is 11.3 Å². The van der Waals surface area contributed by atoms with E-state index in [1.165, 1.54) is 22.1 Å². The molecule has 2 N–H and O–H groups in total. The van der Waals surface area contributed by atoms with Crippen molar-refractivity contribution in [3.05, 3.63) is 75.5 Å². The van der Waals surface area contributed by atoms with Crippen molar-refractivity contribution < 1.29 is 9.59 Å². The van der Waals surface area contributed by atoms with Crippen molar-refractivity contribution in [1.82, 2.24) is 19.7 Å². The van der Waals surface area contributed by atoms with Crippen LogP contribution < -0.4 is 15.8 Å². The predicted octanol–water partition coefficient (Wildman–Crippen LogP) is 3.55. The molecule has 4 heterocycles. The fraction of sp³-hybridized carbons (Fsp3) is 0.240. The lowest BCUT2D eigenvalue weighted by atomic mass is 10.1. The zero-order valence-corrected chi connectivity index (χ0v) is 20.1. The summed E-state index contributed by atoms with van der Waals surface area (Å²) in [6, 6.07) is 14.7. The van der Waals surface area contributed by atoms with Crippen LogP contribution in [-0.2, 0) is 16.0 Å². The fourth-order valence-corrected chi connectivity index (χ4v) is 4.72. The highest BCUT2D eigenvalue weighted by atomic mass is 32.1. The molecule has 0 radical (unpaired) electrons. The molecule has 1 aliphatic rings. The molecular formula is C25H24N6O3S. The minimum absolute atomic E-state index is 0.0940. The van der Waals surface area contributed by atoms with Gasteiger partial charge >= 0.3 is 0 Å². The topological polar surface area (TPSA) is 113 Å². The van der Waals surface area contributed by atoms with Gasteiger partial charge in [0.2, 0.25) is 17.8 Å². The van der Waals surface area contributed by atoms with E-state index in [-0.39, 0.29) is 29.7 Å². The Labute approximate surface area is 205 Å². The lowest BCUT2D eigenvalue weighted by Crippen LogP contribution is -2.29. The van der Waals surface area contributed by atoms with Gasteiger partial charge in [0.05, 0.1) is 10.8 Å². The van der Waals surface area contributed by atoms with Gasteiger partial charge in [-0.25, -0.2) is 4.98 Å². The SMILES string of the molecule is CCc1cc(=O)[nH]c(-n2nc(-c3cccs3)cc2NC(=O)C2CC(=O)N(c3ccc(C)cc3)C2)n1. The standard InChI is InChI=1S/C25H24N6O3S/c1-3-17-12-22(32)28-25(26-17)31-21(13-19(29-31)20-5-4-10-35-20)27-24(34)16-11-23(33)30(14-16)18-8-6-15(2)7-9-18/h4-10,12-13,16H,3,11,14H2,1-2H3,(H,27,34)(H,26,28,32). The number of anilines is 2. The van der Waals surface area contributed by atoms with Crippen LogP contribution in [0.1, 0.15) is 24.6 Å². The highest BCUT2D eigenvalue weighted by molar-refractivity contribution is 7.13. The third-order valence-electron chi connectivity index (χ3n) is 5.92. The minimum Gasteiger partial charge on any atom is -0.312 e. The first-order chi connectivity index (χ1) is 16.9. The fourth-order valence-electron chi connectivity index (χ4n) is 4.04. The highest BCUT2D eigenvalue weighted by Crippen LogP contribution is 2.29. The number of nitrogens with zero attached hydrogens (tertiary/aromatic N) is 4. The molecule has 178 valence electrons. The van der Waals surface area contributed by atoms with E-state index in [2.05, 4.69) is 20.4 Å². The van der Waals surface area contributed by atoms with E-state index in [0.717, 1.165) is 16.1 Å². The van der Waals surface area contributed by atoms with Gasteiger partial charge in [0.25, 0.3) is 5.56 Å². The molecule has 9 nitrogen and oxygen atoms in total. The Morgan fingerprint density at radius 1 is 1.20 bits per heavy atom. The molecule has 3 aromatic heterocycles. The normalized spacial score (nSPS) is 15.5. The molecule has 1 saturated heterocycles. The molecule has 35 heavy (non-hydrogen) atoms. The molecule has 0 spiro atoms. The maximum Gasteiger partial charge on any atom is 0.252 e. The zero-order valence-electron chi connectivity index (χ0n) is 19.3.